The SMILES string of the molecule is CS(=O)(=O)N1CCN(Cc2cc3nc(-c4ccc(N)cc4)nc(N4C5CCC4COC5)c3s2)CC1. The van der Waals surface area contributed by atoms with Gasteiger partial charge in [-0.2, -0.15) is 4.31 Å². The van der Waals surface area contributed by atoms with Gasteiger partial charge in [0, 0.05) is 48.9 Å². The molecule has 2 N–H and O–H groups in total. The zero-order valence-electron chi connectivity index (χ0n) is 19.8. The van der Waals surface area contributed by atoms with Gasteiger partial charge in [-0.05, 0) is 43.2 Å². The second-order valence-corrected chi connectivity index (χ2v) is 12.8. The first kappa shape index (κ1) is 23.1. The van der Waals surface area contributed by atoms with Crippen LogP contribution < -0.4 is 10.6 Å². The van der Waals surface area contributed by atoms with Crippen LogP contribution in [-0.2, 0) is 21.3 Å². The number of benzene rings is 1. The van der Waals surface area contributed by atoms with E-state index in [0.717, 1.165) is 73.0 Å². The average Bonchev–Trinajstić information content (AvgIpc) is 3.34. The van der Waals surface area contributed by atoms with Gasteiger partial charge < -0.3 is 15.4 Å². The molecule has 2 bridgehead atoms. The number of hydrogen-bond donors (Lipinski definition) is 1. The summed E-state index contributed by atoms with van der Waals surface area (Å²) in [7, 11) is -3.13. The second-order valence-electron chi connectivity index (χ2n) is 9.69. The molecule has 0 amide bonds. The molecule has 3 aliphatic rings. The summed E-state index contributed by atoms with van der Waals surface area (Å²) < 4.78 is 32.2. The highest BCUT2D eigenvalue weighted by molar-refractivity contribution is 7.88. The molecule has 0 radical (unpaired) electrons. The molecular formula is C24H30N6O3S2. The van der Waals surface area contributed by atoms with Crippen LogP contribution in [0.2, 0.25) is 0 Å². The largest absolute Gasteiger partial charge is 0.399 e. The van der Waals surface area contributed by atoms with Crippen molar-refractivity contribution in [2.75, 3.05) is 56.3 Å². The van der Waals surface area contributed by atoms with E-state index in [4.69, 9.17) is 20.4 Å². The van der Waals surface area contributed by atoms with E-state index in [-0.39, 0.29) is 0 Å². The highest BCUT2D eigenvalue weighted by Crippen LogP contribution is 2.40. The Morgan fingerprint density at radius 2 is 1.74 bits per heavy atom. The first-order valence-electron chi connectivity index (χ1n) is 12.0. The number of fused-ring (bicyclic) bond motifs is 3. The Morgan fingerprint density at radius 3 is 2.40 bits per heavy atom. The Bertz CT molecular complexity index is 1320. The van der Waals surface area contributed by atoms with Crippen LogP contribution in [0.1, 0.15) is 17.7 Å². The third kappa shape index (κ3) is 4.51. The van der Waals surface area contributed by atoms with Crippen molar-refractivity contribution in [1.82, 2.24) is 19.2 Å². The quantitative estimate of drug-likeness (QED) is 0.518. The van der Waals surface area contributed by atoms with Gasteiger partial charge in [-0.15, -0.1) is 11.3 Å². The van der Waals surface area contributed by atoms with Crippen molar-refractivity contribution in [3.05, 3.63) is 35.2 Å². The normalized spacial score (nSPS) is 23.9. The van der Waals surface area contributed by atoms with Crippen LogP contribution >= 0.6 is 11.3 Å². The zero-order valence-corrected chi connectivity index (χ0v) is 21.4. The van der Waals surface area contributed by atoms with Gasteiger partial charge in [-0.1, -0.05) is 0 Å². The lowest BCUT2D eigenvalue weighted by Crippen LogP contribution is -2.47. The number of morpholine rings is 1. The third-order valence-electron chi connectivity index (χ3n) is 7.24. The van der Waals surface area contributed by atoms with Crippen LogP contribution in [-0.4, -0.2) is 85.3 Å². The first-order valence-corrected chi connectivity index (χ1v) is 14.7. The maximum Gasteiger partial charge on any atom is 0.211 e. The number of sulfonamides is 1. The second kappa shape index (κ2) is 8.97. The summed E-state index contributed by atoms with van der Waals surface area (Å²) in [6.45, 7) is 4.78. The summed E-state index contributed by atoms with van der Waals surface area (Å²) in [5.41, 5.74) is 8.54. The molecular weight excluding hydrogens is 484 g/mol. The Labute approximate surface area is 209 Å². The Balaban J connectivity index is 1.34. The Hall–Kier alpha value is -2.31. The number of nitrogen functional groups attached to an aromatic ring is 1. The molecule has 3 aromatic rings. The molecule has 0 aliphatic carbocycles. The molecule has 3 aliphatic heterocycles. The molecule has 186 valence electrons. The average molecular weight is 515 g/mol. The minimum Gasteiger partial charge on any atom is -0.399 e. The number of piperazine rings is 1. The van der Waals surface area contributed by atoms with Crippen LogP contribution in [0.4, 0.5) is 11.5 Å². The van der Waals surface area contributed by atoms with E-state index in [1.54, 1.807) is 15.6 Å². The summed E-state index contributed by atoms with van der Waals surface area (Å²) in [4.78, 5) is 16.1. The van der Waals surface area contributed by atoms with Gasteiger partial charge in [0.1, 0.15) is 0 Å². The van der Waals surface area contributed by atoms with E-state index in [2.05, 4.69) is 15.9 Å². The number of ether oxygens (including phenoxy) is 1. The van der Waals surface area contributed by atoms with Crippen molar-refractivity contribution in [1.29, 1.82) is 0 Å². The standard InChI is InChI=1S/C24H30N6O3S2/c1-35(31,32)29-10-8-28(9-11-29)13-20-12-21-22(34-20)24(30-18-6-7-19(30)15-33-14-18)27-23(26-21)16-2-4-17(25)5-3-16/h2-5,12,18-19H,6-11,13-15,25H2,1H3. The lowest BCUT2D eigenvalue weighted by atomic mass is 10.2. The molecule has 2 atom stereocenters. The van der Waals surface area contributed by atoms with Gasteiger partial charge in [-0.3, -0.25) is 4.90 Å². The lowest BCUT2D eigenvalue weighted by Gasteiger charge is -2.36. The summed E-state index contributed by atoms with van der Waals surface area (Å²) >= 11 is 1.75. The summed E-state index contributed by atoms with van der Waals surface area (Å²) in [5, 5.41) is 0. The molecule has 1 aromatic carbocycles. The number of anilines is 2. The molecule has 2 aromatic heterocycles. The van der Waals surface area contributed by atoms with Gasteiger partial charge in [-0.25, -0.2) is 18.4 Å². The zero-order chi connectivity index (χ0) is 24.2. The molecule has 11 heteroatoms. The van der Waals surface area contributed by atoms with Crippen molar-refractivity contribution < 1.29 is 13.2 Å². The van der Waals surface area contributed by atoms with E-state index in [0.29, 0.717) is 31.0 Å². The van der Waals surface area contributed by atoms with Crippen LogP contribution in [0, 0.1) is 0 Å². The Morgan fingerprint density at radius 1 is 1.06 bits per heavy atom. The number of thiophene rings is 1. The molecule has 0 saturated carbocycles. The van der Waals surface area contributed by atoms with Gasteiger partial charge in [0.15, 0.2) is 11.6 Å². The van der Waals surface area contributed by atoms with Gasteiger partial charge in [0.25, 0.3) is 0 Å². The van der Waals surface area contributed by atoms with Gasteiger partial charge in [0.2, 0.25) is 10.0 Å². The van der Waals surface area contributed by atoms with Crippen molar-refractivity contribution in [3.63, 3.8) is 0 Å². The Kier molecular flexibility index (Phi) is 5.92. The van der Waals surface area contributed by atoms with Crippen LogP contribution in [0.15, 0.2) is 30.3 Å². The number of nitrogens with zero attached hydrogens (tertiary/aromatic N) is 5. The number of hydrogen-bond acceptors (Lipinski definition) is 9. The molecule has 3 fully saturated rings. The van der Waals surface area contributed by atoms with E-state index in [9.17, 15) is 8.42 Å². The lowest BCUT2D eigenvalue weighted by molar-refractivity contribution is 0.0904. The van der Waals surface area contributed by atoms with E-state index in [1.807, 2.05) is 24.3 Å². The number of aromatic nitrogens is 2. The monoisotopic (exact) mass is 514 g/mol. The third-order valence-corrected chi connectivity index (χ3v) is 9.65. The molecule has 35 heavy (non-hydrogen) atoms. The van der Waals surface area contributed by atoms with Crippen molar-refractivity contribution >= 4 is 43.1 Å². The number of nitrogens with two attached hydrogens (primary N) is 1. The van der Waals surface area contributed by atoms with Gasteiger partial charge >= 0.3 is 0 Å². The smallest absolute Gasteiger partial charge is 0.211 e. The minimum absolute atomic E-state index is 0.348. The molecule has 2 unspecified atom stereocenters. The maximum atomic E-state index is 11.9. The van der Waals surface area contributed by atoms with E-state index in [1.165, 1.54) is 11.1 Å². The van der Waals surface area contributed by atoms with Crippen LogP contribution in [0.3, 0.4) is 0 Å². The topological polar surface area (TPSA) is 105 Å². The van der Waals surface area contributed by atoms with Crippen LogP contribution in [0.5, 0.6) is 0 Å². The molecule has 0 spiro atoms. The summed E-state index contributed by atoms with van der Waals surface area (Å²) in [5.74, 6) is 1.72. The molecule has 9 nitrogen and oxygen atoms in total. The van der Waals surface area contributed by atoms with Crippen molar-refractivity contribution in [3.8, 4) is 11.4 Å². The predicted octanol–water partition coefficient (Wildman–Crippen LogP) is 2.39. The van der Waals surface area contributed by atoms with Crippen LogP contribution in [0.25, 0.3) is 21.6 Å². The van der Waals surface area contributed by atoms with Crippen molar-refractivity contribution in [2.45, 2.75) is 31.5 Å². The van der Waals surface area contributed by atoms with Crippen molar-refractivity contribution in [2.24, 2.45) is 0 Å². The molecule has 6 rings (SSSR count). The predicted molar refractivity (Wildman–Crippen MR) is 139 cm³/mol. The minimum atomic E-state index is -3.13. The fraction of sp³-hybridized carbons (Fsp3) is 0.500. The molecule has 5 heterocycles. The summed E-state index contributed by atoms with van der Waals surface area (Å²) in [6.07, 6.45) is 3.53. The maximum absolute atomic E-state index is 11.9. The first-order chi connectivity index (χ1) is 16.8. The van der Waals surface area contributed by atoms with E-state index < -0.39 is 10.0 Å². The fourth-order valence-electron chi connectivity index (χ4n) is 5.39. The molecule has 3 saturated heterocycles. The highest BCUT2D eigenvalue weighted by atomic mass is 32.2. The fourth-order valence-corrected chi connectivity index (χ4v) is 7.35. The number of rotatable bonds is 5. The highest BCUT2D eigenvalue weighted by Gasteiger charge is 2.39. The van der Waals surface area contributed by atoms with Gasteiger partial charge in [0.05, 0.1) is 41.8 Å². The van der Waals surface area contributed by atoms with E-state index >= 15 is 0 Å². The summed E-state index contributed by atoms with van der Waals surface area (Å²) in [6, 6.07) is 10.6.